The van der Waals surface area contributed by atoms with E-state index in [1.807, 2.05) is 13.0 Å². The van der Waals surface area contributed by atoms with Crippen molar-refractivity contribution in [3.05, 3.63) is 28.8 Å². The lowest BCUT2D eigenvalue weighted by Gasteiger charge is -2.39. The second-order valence-corrected chi connectivity index (χ2v) is 5.76. The topological polar surface area (TPSA) is 52.9 Å². The third-order valence-electron chi connectivity index (χ3n) is 3.59. The number of hydrogen-bond acceptors (Lipinski definition) is 2. The number of amides is 1. The van der Waals surface area contributed by atoms with E-state index in [4.69, 9.17) is 16.9 Å². The average Bonchev–Trinajstić information content (AvgIpc) is 2.35. The lowest BCUT2D eigenvalue weighted by Crippen LogP contribution is -2.45. The minimum absolute atomic E-state index is 0.0730. The van der Waals surface area contributed by atoms with E-state index in [9.17, 15) is 18.0 Å². The summed E-state index contributed by atoms with van der Waals surface area (Å²) in [6.07, 6.45) is -3.62. The summed E-state index contributed by atoms with van der Waals surface area (Å²) < 4.78 is 37.6. The Labute approximate surface area is 124 Å². The summed E-state index contributed by atoms with van der Waals surface area (Å²) in [6, 6.07) is 4.67. The van der Waals surface area contributed by atoms with E-state index >= 15 is 0 Å². The number of nitriles is 1. The standard InChI is InChI=1S/C14H12ClF3N2O/c1-8-5-13(6-8,7-19)12(21)20-11-3-2-9(4-10(11)15)14(16,17)18/h2-4,8H,5-6H2,1H3,(H,20,21). The SMILES string of the molecule is CC1CC(C#N)(C(=O)Nc2ccc(C(F)(F)F)cc2Cl)C1. The average molecular weight is 317 g/mol. The van der Waals surface area contributed by atoms with Crippen LogP contribution in [-0.4, -0.2) is 5.91 Å². The Hall–Kier alpha value is -1.74. The summed E-state index contributed by atoms with van der Waals surface area (Å²) in [5, 5.41) is 11.4. The zero-order valence-electron chi connectivity index (χ0n) is 11.1. The van der Waals surface area contributed by atoms with Gasteiger partial charge in [-0.25, -0.2) is 0 Å². The van der Waals surface area contributed by atoms with Crippen LogP contribution in [0.5, 0.6) is 0 Å². The first kappa shape index (κ1) is 15.6. The predicted octanol–water partition coefficient (Wildman–Crippen LogP) is 4.24. The van der Waals surface area contributed by atoms with Gasteiger partial charge in [0.2, 0.25) is 5.91 Å². The van der Waals surface area contributed by atoms with Crippen LogP contribution in [0.2, 0.25) is 5.02 Å². The predicted molar refractivity (Wildman–Crippen MR) is 71.5 cm³/mol. The highest BCUT2D eigenvalue weighted by atomic mass is 35.5. The highest BCUT2D eigenvalue weighted by Crippen LogP contribution is 2.46. The van der Waals surface area contributed by atoms with Crippen molar-refractivity contribution in [2.45, 2.75) is 25.9 Å². The first-order valence-corrected chi connectivity index (χ1v) is 6.65. The molecule has 0 heterocycles. The van der Waals surface area contributed by atoms with Gasteiger partial charge in [-0.2, -0.15) is 18.4 Å². The van der Waals surface area contributed by atoms with Crippen LogP contribution in [0.1, 0.15) is 25.3 Å². The van der Waals surface area contributed by atoms with Gasteiger partial charge in [0.05, 0.1) is 22.3 Å². The molecule has 1 aliphatic carbocycles. The maximum absolute atomic E-state index is 12.5. The number of nitrogens with zero attached hydrogens (tertiary/aromatic N) is 1. The molecule has 1 saturated carbocycles. The van der Waals surface area contributed by atoms with E-state index in [1.165, 1.54) is 0 Å². The minimum Gasteiger partial charge on any atom is -0.323 e. The van der Waals surface area contributed by atoms with Gasteiger partial charge in [0.25, 0.3) is 0 Å². The minimum atomic E-state index is -4.50. The second-order valence-electron chi connectivity index (χ2n) is 5.35. The van der Waals surface area contributed by atoms with E-state index in [2.05, 4.69) is 5.32 Å². The summed E-state index contributed by atoms with van der Waals surface area (Å²) in [6.45, 7) is 1.92. The first-order chi connectivity index (χ1) is 9.68. The van der Waals surface area contributed by atoms with Gasteiger partial charge < -0.3 is 5.32 Å². The van der Waals surface area contributed by atoms with Crippen molar-refractivity contribution in [2.75, 3.05) is 5.32 Å². The van der Waals surface area contributed by atoms with Crippen molar-refractivity contribution < 1.29 is 18.0 Å². The number of carbonyl (C=O) groups excluding carboxylic acids is 1. The van der Waals surface area contributed by atoms with E-state index in [1.54, 1.807) is 0 Å². The number of benzene rings is 1. The second kappa shape index (κ2) is 5.23. The molecule has 1 fully saturated rings. The van der Waals surface area contributed by atoms with Gasteiger partial charge in [-0.05, 0) is 37.0 Å². The van der Waals surface area contributed by atoms with Crippen LogP contribution in [0.25, 0.3) is 0 Å². The van der Waals surface area contributed by atoms with Gasteiger partial charge in [-0.3, -0.25) is 4.79 Å². The molecule has 1 amide bonds. The Balaban J connectivity index is 2.18. The Morgan fingerprint density at radius 3 is 2.52 bits per heavy atom. The van der Waals surface area contributed by atoms with Gasteiger partial charge >= 0.3 is 6.18 Å². The largest absolute Gasteiger partial charge is 0.416 e. The van der Waals surface area contributed by atoms with E-state index in [-0.39, 0.29) is 16.6 Å². The fourth-order valence-corrected chi connectivity index (χ4v) is 2.72. The van der Waals surface area contributed by atoms with Crippen molar-refractivity contribution in [3.8, 4) is 6.07 Å². The van der Waals surface area contributed by atoms with Crippen molar-refractivity contribution in [2.24, 2.45) is 11.3 Å². The monoisotopic (exact) mass is 316 g/mol. The maximum atomic E-state index is 12.5. The summed E-state index contributed by atoms with van der Waals surface area (Å²) in [4.78, 5) is 12.1. The molecule has 1 aromatic carbocycles. The molecule has 0 saturated heterocycles. The number of rotatable bonds is 2. The Bertz CT molecular complexity index is 616. The van der Waals surface area contributed by atoms with Crippen molar-refractivity contribution in [3.63, 3.8) is 0 Å². The number of carbonyl (C=O) groups is 1. The molecule has 1 aliphatic rings. The number of nitrogens with one attached hydrogen (secondary N) is 1. The molecule has 2 rings (SSSR count). The molecule has 0 aliphatic heterocycles. The summed E-state index contributed by atoms with van der Waals surface area (Å²) in [5.41, 5.74) is -1.92. The zero-order chi connectivity index (χ0) is 15.8. The lowest BCUT2D eigenvalue weighted by atomic mass is 9.63. The molecular weight excluding hydrogens is 305 g/mol. The molecule has 3 nitrogen and oxygen atoms in total. The number of alkyl halides is 3. The van der Waals surface area contributed by atoms with E-state index < -0.39 is 23.1 Å². The molecule has 112 valence electrons. The third-order valence-corrected chi connectivity index (χ3v) is 3.90. The summed E-state index contributed by atoms with van der Waals surface area (Å²) >= 11 is 5.77. The quantitative estimate of drug-likeness (QED) is 0.887. The third kappa shape index (κ3) is 2.98. The van der Waals surface area contributed by atoms with Crippen LogP contribution in [0.4, 0.5) is 18.9 Å². The number of anilines is 1. The molecule has 0 spiro atoms. The lowest BCUT2D eigenvalue weighted by molar-refractivity contribution is -0.137. The van der Waals surface area contributed by atoms with Gasteiger partial charge in [0, 0.05) is 0 Å². The van der Waals surface area contributed by atoms with Gasteiger partial charge in [-0.1, -0.05) is 18.5 Å². The Kier molecular flexibility index (Phi) is 3.89. The molecule has 0 bridgehead atoms. The van der Waals surface area contributed by atoms with Crippen LogP contribution < -0.4 is 5.32 Å². The van der Waals surface area contributed by atoms with Gasteiger partial charge in [0.15, 0.2) is 0 Å². The fraction of sp³-hybridized carbons (Fsp3) is 0.429. The molecular formula is C14H12ClF3N2O. The van der Waals surface area contributed by atoms with Crippen molar-refractivity contribution in [1.82, 2.24) is 0 Å². The normalized spacial score (nSPS) is 24.9. The number of halogens is 4. The summed E-state index contributed by atoms with van der Waals surface area (Å²) in [7, 11) is 0. The highest BCUT2D eigenvalue weighted by Gasteiger charge is 2.49. The molecule has 0 aromatic heterocycles. The number of hydrogen-bond donors (Lipinski definition) is 1. The molecule has 7 heteroatoms. The van der Waals surface area contributed by atoms with E-state index in [0.29, 0.717) is 12.8 Å². The molecule has 1 aromatic rings. The molecule has 21 heavy (non-hydrogen) atoms. The maximum Gasteiger partial charge on any atom is 0.416 e. The van der Waals surface area contributed by atoms with Crippen LogP contribution in [-0.2, 0) is 11.0 Å². The van der Waals surface area contributed by atoms with Crippen molar-refractivity contribution >= 4 is 23.2 Å². The van der Waals surface area contributed by atoms with Gasteiger partial charge in [0.1, 0.15) is 5.41 Å². The van der Waals surface area contributed by atoms with Crippen LogP contribution in [0.3, 0.4) is 0 Å². The zero-order valence-corrected chi connectivity index (χ0v) is 11.8. The molecule has 0 radical (unpaired) electrons. The van der Waals surface area contributed by atoms with Crippen LogP contribution in [0.15, 0.2) is 18.2 Å². The van der Waals surface area contributed by atoms with Crippen molar-refractivity contribution in [1.29, 1.82) is 5.26 Å². The van der Waals surface area contributed by atoms with E-state index in [0.717, 1.165) is 18.2 Å². The van der Waals surface area contributed by atoms with Crippen LogP contribution >= 0.6 is 11.6 Å². The Morgan fingerprint density at radius 2 is 2.10 bits per heavy atom. The van der Waals surface area contributed by atoms with Gasteiger partial charge in [-0.15, -0.1) is 0 Å². The fourth-order valence-electron chi connectivity index (χ4n) is 2.49. The molecule has 1 N–H and O–H groups in total. The smallest absolute Gasteiger partial charge is 0.323 e. The first-order valence-electron chi connectivity index (χ1n) is 6.27. The highest BCUT2D eigenvalue weighted by molar-refractivity contribution is 6.33. The van der Waals surface area contributed by atoms with Crippen LogP contribution in [0, 0.1) is 22.7 Å². The molecule has 0 atom stereocenters. The Morgan fingerprint density at radius 1 is 1.48 bits per heavy atom. The molecule has 0 unspecified atom stereocenters. The summed E-state index contributed by atoms with van der Waals surface area (Å²) in [5.74, 6) is -0.247.